The number of aromatic nitrogens is 1. The molecule has 0 bridgehead atoms. The fourth-order valence-electron chi connectivity index (χ4n) is 2.43. The third-order valence-corrected chi connectivity index (χ3v) is 3.95. The van der Waals surface area contributed by atoms with Gasteiger partial charge in [0.2, 0.25) is 0 Å². The van der Waals surface area contributed by atoms with Crippen LogP contribution >= 0.6 is 15.9 Å². The molecule has 1 aromatic heterocycles. The molecule has 1 fully saturated rings. The Kier molecular flexibility index (Phi) is 4.08. The molecule has 2 heterocycles. The highest BCUT2D eigenvalue weighted by Gasteiger charge is 2.15. The van der Waals surface area contributed by atoms with Crippen LogP contribution in [-0.4, -0.2) is 24.3 Å². The lowest BCUT2D eigenvalue weighted by molar-refractivity contribution is -0.0108. The van der Waals surface area contributed by atoms with Gasteiger partial charge < -0.3 is 15.2 Å². The molecular formula is C15H17BrN2O2. The van der Waals surface area contributed by atoms with Gasteiger partial charge in [0.15, 0.2) is 0 Å². The van der Waals surface area contributed by atoms with Crippen LogP contribution in [0.25, 0.3) is 10.9 Å². The van der Waals surface area contributed by atoms with Crippen LogP contribution in [0.1, 0.15) is 19.3 Å². The van der Waals surface area contributed by atoms with Gasteiger partial charge in [0, 0.05) is 28.4 Å². The SMILES string of the molecule is Nc1ccc(OCC2CCCCO2)c2ncc(Br)cc12. The predicted molar refractivity (Wildman–Crippen MR) is 82.9 cm³/mol. The van der Waals surface area contributed by atoms with E-state index >= 15 is 0 Å². The van der Waals surface area contributed by atoms with E-state index in [0.717, 1.165) is 40.6 Å². The number of hydrogen-bond donors (Lipinski definition) is 1. The third kappa shape index (κ3) is 2.88. The van der Waals surface area contributed by atoms with Crippen molar-refractivity contribution in [1.82, 2.24) is 4.98 Å². The molecule has 106 valence electrons. The average Bonchev–Trinajstić information content (AvgIpc) is 2.48. The lowest BCUT2D eigenvalue weighted by Gasteiger charge is -2.22. The van der Waals surface area contributed by atoms with E-state index in [0.29, 0.717) is 12.3 Å². The molecule has 0 aliphatic carbocycles. The van der Waals surface area contributed by atoms with Crippen LogP contribution in [0.4, 0.5) is 5.69 Å². The Morgan fingerprint density at radius 2 is 2.30 bits per heavy atom. The molecule has 0 amide bonds. The summed E-state index contributed by atoms with van der Waals surface area (Å²) < 4.78 is 12.5. The van der Waals surface area contributed by atoms with E-state index in [1.165, 1.54) is 6.42 Å². The zero-order valence-corrected chi connectivity index (χ0v) is 12.7. The molecule has 1 aromatic carbocycles. The zero-order chi connectivity index (χ0) is 13.9. The minimum Gasteiger partial charge on any atom is -0.489 e. The number of nitrogen functional groups attached to an aromatic ring is 1. The summed E-state index contributed by atoms with van der Waals surface area (Å²) in [5, 5.41) is 0.904. The highest BCUT2D eigenvalue weighted by molar-refractivity contribution is 9.10. The van der Waals surface area contributed by atoms with Crippen LogP contribution in [-0.2, 0) is 4.74 Å². The van der Waals surface area contributed by atoms with Gasteiger partial charge in [-0.25, -0.2) is 0 Å². The Hall–Kier alpha value is -1.33. The summed E-state index contributed by atoms with van der Waals surface area (Å²) >= 11 is 3.41. The maximum atomic E-state index is 5.99. The molecular weight excluding hydrogens is 320 g/mol. The van der Waals surface area contributed by atoms with E-state index in [-0.39, 0.29) is 6.10 Å². The van der Waals surface area contributed by atoms with Crippen molar-refractivity contribution in [3.8, 4) is 5.75 Å². The van der Waals surface area contributed by atoms with Gasteiger partial charge in [0.25, 0.3) is 0 Å². The lowest BCUT2D eigenvalue weighted by atomic mass is 10.1. The van der Waals surface area contributed by atoms with E-state index in [4.69, 9.17) is 15.2 Å². The van der Waals surface area contributed by atoms with E-state index in [2.05, 4.69) is 20.9 Å². The second-order valence-corrected chi connectivity index (χ2v) is 5.92. The summed E-state index contributed by atoms with van der Waals surface area (Å²) in [5.41, 5.74) is 7.49. The smallest absolute Gasteiger partial charge is 0.145 e. The number of nitrogens with two attached hydrogens (primary N) is 1. The van der Waals surface area contributed by atoms with Crippen LogP contribution < -0.4 is 10.5 Å². The number of benzene rings is 1. The maximum absolute atomic E-state index is 5.99. The van der Waals surface area contributed by atoms with Gasteiger partial charge >= 0.3 is 0 Å². The number of fused-ring (bicyclic) bond motifs is 1. The Balaban J connectivity index is 1.82. The van der Waals surface area contributed by atoms with Crippen molar-refractivity contribution in [3.05, 3.63) is 28.9 Å². The number of anilines is 1. The van der Waals surface area contributed by atoms with Gasteiger partial charge in [-0.2, -0.15) is 0 Å². The number of hydrogen-bond acceptors (Lipinski definition) is 4. The number of pyridine rings is 1. The Labute approximate surface area is 126 Å². The molecule has 1 aliphatic heterocycles. The molecule has 3 rings (SSSR count). The molecule has 0 radical (unpaired) electrons. The highest BCUT2D eigenvalue weighted by atomic mass is 79.9. The zero-order valence-electron chi connectivity index (χ0n) is 11.1. The normalized spacial score (nSPS) is 19.1. The van der Waals surface area contributed by atoms with Crippen LogP contribution in [0.15, 0.2) is 28.9 Å². The fraction of sp³-hybridized carbons (Fsp3) is 0.400. The molecule has 4 nitrogen and oxygen atoms in total. The third-order valence-electron chi connectivity index (χ3n) is 3.51. The van der Waals surface area contributed by atoms with E-state index < -0.39 is 0 Å². The first kappa shape index (κ1) is 13.6. The van der Waals surface area contributed by atoms with Gasteiger partial charge in [0.1, 0.15) is 17.9 Å². The minimum atomic E-state index is 0.187. The fourth-order valence-corrected chi connectivity index (χ4v) is 2.76. The number of ether oxygens (including phenoxy) is 2. The molecule has 1 unspecified atom stereocenters. The standard InChI is InChI=1S/C15H17BrN2O2/c16-10-7-12-13(17)4-5-14(15(12)18-8-10)20-9-11-3-1-2-6-19-11/h4-5,7-8,11H,1-3,6,9,17H2. The van der Waals surface area contributed by atoms with Crippen molar-refractivity contribution in [2.45, 2.75) is 25.4 Å². The minimum absolute atomic E-state index is 0.187. The first-order chi connectivity index (χ1) is 9.74. The van der Waals surface area contributed by atoms with E-state index in [9.17, 15) is 0 Å². The van der Waals surface area contributed by atoms with E-state index in [1.807, 2.05) is 18.2 Å². The van der Waals surface area contributed by atoms with Crippen molar-refractivity contribution in [2.24, 2.45) is 0 Å². The van der Waals surface area contributed by atoms with Crippen LogP contribution in [0.5, 0.6) is 5.75 Å². The molecule has 1 atom stereocenters. The van der Waals surface area contributed by atoms with Gasteiger partial charge in [-0.15, -0.1) is 0 Å². The maximum Gasteiger partial charge on any atom is 0.145 e. The summed E-state index contributed by atoms with van der Waals surface area (Å²) in [4.78, 5) is 4.41. The summed E-state index contributed by atoms with van der Waals surface area (Å²) in [6, 6.07) is 5.69. The Bertz CT molecular complexity index is 612. The second-order valence-electron chi connectivity index (χ2n) is 5.00. The van der Waals surface area contributed by atoms with Crippen LogP contribution in [0.2, 0.25) is 0 Å². The topological polar surface area (TPSA) is 57.4 Å². The number of nitrogens with zero attached hydrogens (tertiary/aromatic N) is 1. The quantitative estimate of drug-likeness (QED) is 0.871. The van der Waals surface area contributed by atoms with Crippen molar-refractivity contribution >= 4 is 32.5 Å². The molecule has 1 aliphatic rings. The lowest BCUT2D eigenvalue weighted by Crippen LogP contribution is -2.25. The van der Waals surface area contributed by atoms with Crippen LogP contribution in [0.3, 0.4) is 0 Å². The highest BCUT2D eigenvalue weighted by Crippen LogP contribution is 2.30. The molecule has 2 N–H and O–H groups in total. The summed E-state index contributed by atoms with van der Waals surface area (Å²) in [7, 11) is 0. The summed E-state index contributed by atoms with van der Waals surface area (Å²) in [6.45, 7) is 1.40. The Morgan fingerprint density at radius 3 is 3.10 bits per heavy atom. The van der Waals surface area contributed by atoms with Gasteiger partial charge in [-0.05, 0) is 53.4 Å². The van der Waals surface area contributed by atoms with Crippen molar-refractivity contribution in [2.75, 3.05) is 18.9 Å². The number of rotatable bonds is 3. The van der Waals surface area contributed by atoms with Gasteiger partial charge in [-0.1, -0.05) is 0 Å². The molecule has 0 spiro atoms. The summed E-state index contributed by atoms with van der Waals surface area (Å²) in [6.07, 6.45) is 5.36. The second kappa shape index (κ2) is 5.97. The molecule has 0 saturated carbocycles. The number of halogens is 1. The van der Waals surface area contributed by atoms with Gasteiger partial charge in [-0.3, -0.25) is 4.98 Å². The first-order valence-corrected chi connectivity index (χ1v) is 7.61. The first-order valence-electron chi connectivity index (χ1n) is 6.82. The van der Waals surface area contributed by atoms with Crippen LogP contribution in [0, 0.1) is 0 Å². The predicted octanol–water partition coefficient (Wildman–Crippen LogP) is 3.53. The van der Waals surface area contributed by atoms with E-state index in [1.54, 1.807) is 6.20 Å². The molecule has 20 heavy (non-hydrogen) atoms. The monoisotopic (exact) mass is 336 g/mol. The van der Waals surface area contributed by atoms with Crippen molar-refractivity contribution in [1.29, 1.82) is 0 Å². The molecule has 1 saturated heterocycles. The summed E-state index contributed by atoms with van der Waals surface area (Å²) in [5.74, 6) is 0.760. The Morgan fingerprint density at radius 1 is 1.40 bits per heavy atom. The van der Waals surface area contributed by atoms with Crippen molar-refractivity contribution < 1.29 is 9.47 Å². The van der Waals surface area contributed by atoms with Crippen molar-refractivity contribution in [3.63, 3.8) is 0 Å². The average molecular weight is 337 g/mol. The largest absolute Gasteiger partial charge is 0.489 e. The van der Waals surface area contributed by atoms with Gasteiger partial charge in [0.05, 0.1) is 6.10 Å². The molecule has 2 aromatic rings. The molecule has 5 heteroatoms.